The summed E-state index contributed by atoms with van der Waals surface area (Å²) in [6.45, 7) is 6.80. The van der Waals surface area contributed by atoms with E-state index in [1.165, 1.54) is 0 Å². The Morgan fingerprint density at radius 3 is 2.43 bits per heavy atom. The Hall–Kier alpha value is -3.09. The van der Waals surface area contributed by atoms with Crippen LogP contribution in [-0.2, 0) is 13.1 Å². The lowest BCUT2D eigenvalue weighted by Gasteiger charge is -2.13. The van der Waals surface area contributed by atoms with Crippen molar-refractivity contribution in [3.63, 3.8) is 0 Å². The third kappa shape index (κ3) is 7.06. The minimum absolute atomic E-state index is 0.00647. The van der Waals surface area contributed by atoms with Crippen molar-refractivity contribution >= 4 is 11.9 Å². The van der Waals surface area contributed by atoms with Crippen molar-refractivity contribution in [2.75, 3.05) is 27.2 Å². The maximum absolute atomic E-state index is 12.0. The van der Waals surface area contributed by atoms with Crippen LogP contribution in [-0.4, -0.2) is 48.5 Å². The Balaban J connectivity index is 1.83. The van der Waals surface area contributed by atoms with Crippen LogP contribution in [0.5, 0.6) is 0 Å². The van der Waals surface area contributed by atoms with Crippen molar-refractivity contribution in [1.82, 2.24) is 20.1 Å². The van der Waals surface area contributed by atoms with Crippen molar-refractivity contribution in [1.29, 1.82) is 0 Å². The van der Waals surface area contributed by atoms with Crippen molar-refractivity contribution in [3.8, 4) is 0 Å². The normalized spacial score (nSPS) is 11.3. The smallest absolute Gasteiger partial charge is 0.253 e. The van der Waals surface area contributed by atoms with Gasteiger partial charge in [0.1, 0.15) is 0 Å². The minimum atomic E-state index is -0.00647. The number of amides is 1. The number of carbonyl (C=O) groups is 1. The zero-order chi connectivity index (χ0) is 21.9. The molecule has 0 bridgehead atoms. The molecule has 2 N–H and O–H groups in total. The van der Waals surface area contributed by atoms with Crippen LogP contribution in [0.25, 0.3) is 0 Å². The SMILES string of the molecule is CCNC(=NCc1ccc(C(=O)N(C)C)cc1)NCCCCn1c(C)cccc1=O. The number of benzene rings is 1. The Bertz CT molecular complexity index is 901. The van der Waals surface area contributed by atoms with Gasteiger partial charge in [0.05, 0.1) is 6.54 Å². The zero-order valence-corrected chi connectivity index (χ0v) is 18.4. The molecule has 0 atom stereocenters. The standard InChI is InChI=1S/C23H33N5O2/c1-5-24-23(25-15-6-7-16-28-18(2)9-8-10-21(28)29)26-17-19-11-13-20(14-12-19)22(30)27(3)4/h8-14H,5-7,15-17H2,1-4H3,(H2,24,25,26). The zero-order valence-electron chi connectivity index (χ0n) is 18.4. The number of unbranched alkanes of at least 4 members (excludes halogenated alkanes) is 1. The summed E-state index contributed by atoms with van der Waals surface area (Å²) >= 11 is 0. The number of rotatable bonds is 9. The first-order chi connectivity index (χ1) is 14.4. The summed E-state index contributed by atoms with van der Waals surface area (Å²) in [6, 6.07) is 12.9. The molecule has 0 aliphatic rings. The fourth-order valence-electron chi connectivity index (χ4n) is 3.03. The molecule has 1 aromatic carbocycles. The van der Waals surface area contributed by atoms with Crippen molar-refractivity contribution in [2.45, 2.75) is 39.8 Å². The number of pyridine rings is 1. The largest absolute Gasteiger partial charge is 0.357 e. The van der Waals surface area contributed by atoms with Gasteiger partial charge in [-0.15, -0.1) is 0 Å². The van der Waals surface area contributed by atoms with E-state index in [1.807, 2.05) is 48.7 Å². The molecule has 0 saturated heterocycles. The average molecular weight is 412 g/mol. The summed E-state index contributed by atoms with van der Waals surface area (Å²) in [7, 11) is 3.49. The molecule has 1 amide bonds. The molecule has 162 valence electrons. The molecule has 0 aliphatic heterocycles. The van der Waals surface area contributed by atoms with Crippen LogP contribution in [0.2, 0.25) is 0 Å². The molecule has 2 aromatic rings. The summed E-state index contributed by atoms with van der Waals surface area (Å²) in [5.41, 5.74) is 2.76. The summed E-state index contributed by atoms with van der Waals surface area (Å²) in [4.78, 5) is 30.1. The van der Waals surface area contributed by atoms with Crippen LogP contribution in [0.15, 0.2) is 52.3 Å². The van der Waals surface area contributed by atoms with Crippen molar-refractivity contribution in [2.24, 2.45) is 4.99 Å². The van der Waals surface area contributed by atoms with Gasteiger partial charge in [0.2, 0.25) is 0 Å². The number of guanidine groups is 1. The third-order valence-electron chi connectivity index (χ3n) is 4.74. The molecular formula is C23H33N5O2. The molecule has 7 nitrogen and oxygen atoms in total. The van der Waals surface area contributed by atoms with Gasteiger partial charge < -0.3 is 20.1 Å². The van der Waals surface area contributed by atoms with Gasteiger partial charge in [0.25, 0.3) is 11.5 Å². The summed E-state index contributed by atoms with van der Waals surface area (Å²) in [6.07, 6.45) is 1.85. The molecule has 30 heavy (non-hydrogen) atoms. The molecule has 7 heteroatoms. The summed E-state index contributed by atoms with van der Waals surface area (Å²) < 4.78 is 1.81. The van der Waals surface area contributed by atoms with Crippen LogP contribution in [0.3, 0.4) is 0 Å². The lowest BCUT2D eigenvalue weighted by atomic mass is 10.1. The molecule has 0 radical (unpaired) electrons. The molecular weight excluding hydrogens is 378 g/mol. The van der Waals surface area contributed by atoms with Gasteiger partial charge in [-0.1, -0.05) is 18.2 Å². The third-order valence-corrected chi connectivity index (χ3v) is 4.74. The first-order valence-electron chi connectivity index (χ1n) is 10.4. The molecule has 0 spiro atoms. The highest BCUT2D eigenvalue weighted by molar-refractivity contribution is 5.93. The highest BCUT2D eigenvalue weighted by Crippen LogP contribution is 2.07. The lowest BCUT2D eigenvalue weighted by Crippen LogP contribution is -2.37. The van der Waals surface area contributed by atoms with Crippen LogP contribution in [0, 0.1) is 6.92 Å². The molecule has 1 heterocycles. The highest BCUT2D eigenvalue weighted by Gasteiger charge is 2.07. The van der Waals surface area contributed by atoms with Crippen LogP contribution < -0.4 is 16.2 Å². The van der Waals surface area contributed by atoms with Crippen LogP contribution in [0.1, 0.15) is 41.4 Å². The predicted octanol–water partition coefficient (Wildman–Crippen LogP) is 2.39. The van der Waals surface area contributed by atoms with E-state index in [4.69, 9.17) is 0 Å². The number of hydrogen-bond donors (Lipinski definition) is 2. The molecule has 0 fully saturated rings. The summed E-state index contributed by atoms with van der Waals surface area (Å²) in [5, 5.41) is 6.59. The summed E-state index contributed by atoms with van der Waals surface area (Å²) in [5.74, 6) is 0.756. The van der Waals surface area contributed by atoms with Gasteiger partial charge in [0.15, 0.2) is 5.96 Å². The van der Waals surface area contributed by atoms with Gasteiger partial charge in [0, 0.05) is 51.1 Å². The predicted molar refractivity (Wildman–Crippen MR) is 122 cm³/mol. The van der Waals surface area contributed by atoms with E-state index >= 15 is 0 Å². The molecule has 0 aliphatic carbocycles. The van der Waals surface area contributed by atoms with Crippen LogP contribution in [0.4, 0.5) is 0 Å². The first kappa shape index (κ1) is 23.2. The average Bonchev–Trinajstić information content (AvgIpc) is 2.73. The maximum Gasteiger partial charge on any atom is 0.253 e. The van der Waals surface area contributed by atoms with E-state index in [-0.39, 0.29) is 11.5 Å². The fourth-order valence-corrected chi connectivity index (χ4v) is 3.03. The second kappa shape index (κ2) is 11.8. The van der Waals surface area contributed by atoms with E-state index < -0.39 is 0 Å². The van der Waals surface area contributed by atoms with Gasteiger partial charge in [-0.3, -0.25) is 9.59 Å². The Morgan fingerprint density at radius 1 is 1.07 bits per heavy atom. The van der Waals surface area contributed by atoms with Gasteiger partial charge >= 0.3 is 0 Å². The molecule has 0 saturated carbocycles. The van der Waals surface area contributed by atoms with Gasteiger partial charge in [-0.2, -0.15) is 0 Å². The number of aromatic nitrogens is 1. The number of nitrogens with zero attached hydrogens (tertiary/aromatic N) is 3. The second-order valence-corrected chi connectivity index (χ2v) is 7.38. The lowest BCUT2D eigenvalue weighted by molar-refractivity contribution is 0.0827. The van der Waals surface area contributed by atoms with E-state index in [2.05, 4.69) is 15.6 Å². The van der Waals surface area contributed by atoms with Crippen molar-refractivity contribution in [3.05, 3.63) is 69.6 Å². The molecule has 1 aromatic heterocycles. The monoisotopic (exact) mass is 411 g/mol. The van der Waals surface area contributed by atoms with E-state index in [0.717, 1.165) is 49.7 Å². The topological polar surface area (TPSA) is 78.7 Å². The molecule has 2 rings (SSSR count). The minimum Gasteiger partial charge on any atom is -0.357 e. The number of aliphatic imine (C=N–C) groups is 1. The van der Waals surface area contributed by atoms with E-state index in [0.29, 0.717) is 12.1 Å². The van der Waals surface area contributed by atoms with Crippen molar-refractivity contribution < 1.29 is 4.79 Å². The Morgan fingerprint density at radius 2 is 1.80 bits per heavy atom. The number of aryl methyl sites for hydroxylation is 1. The van der Waals surface area contributed by atoms with Gasteiger partial charge in [-0.25, -0.2) is 4.99 Å². The fraction of sp³-hybridized carbons (Fsp3) is 0.435. The number of hydrogen-bond acceptors (Lipinski definition) is 3. The van der Waals surface area contributed by atoms with E-state index in [9.17, 15) is 9.59 Å². The number of nitrogens with one attached hydrogen (secondary N) is 2. The number of carbonyl (C=O) groups excluding carboxylic acids is 1. The molecule has 0 unspecified atom stereocenters. The Labute approximate surface area is 178 Å². The highest BCUT2D eigenvalue weighted by atomic mass is 16.2. The quantitative estimate of drug-likeness (QED) is 0.377. The Kier molecular flexibility index (Phi) is 9.12. The maximum atomic E-state index is 12.0. The van der Waals surface area contributed by atoms with Crippen LogP contribution >= 0.6 is 0 Å². The first-order valence-corrected chi connectivity index (χ1v) is 10.4. The van der Waals surface area contributed by atoms with Gasteiger partial charge in [-0.05, 0) is 50.5 Å². The van der Waals surface area contributed by atoms with E-state index in [1.54, 1.807) is 31.1 Å². The second-order valence-electron chi connectivity index (χ2n) is 7.38.